The molecule has 0 bridgehead atoms. The van der Waals surface area contributed by atoms with Crippen molar-refractivity contribution in [2.45, 2.75) is 17.6 Å². The molecule has 0 fully saturated rings. The Labute approximate surface area is 132 Å². The highest BCUT2D eigenvalue weighted by Gasteiger charge is 2.46. The normalized spacial score (nSPS) is 13.1. The summed E-state index contributed by atoms with van der Waals surface area (Å²) in [5, 5.41) is 8.50. The molecule has 0 atom stereocenters. The predicted octanol–water partition coefficient (Wildman–Crippen LogP) is 1.03. The van der Waals surface area contributed by atoms with Crippen molar-refractivity contribution in [1.29, 1.82) is 0 Å². The van der Waals surface area contributed by atoms with Gasteiger partial charge in [-0.15, -0.1) is 0 Å². The Hall–Kier alpha value is -1.45. The van der Waals surface area contributed by atoms with Crippen molar-refractivity contribution >= 4 is 20.0 Å². The number of hydrogen-bond acceptors (Lipinski definition) is 5. The summed E-state index contributed by atoms with van der Waals surface area (Å²) in [6, 6.07) is 5.83. The topological polar surface area (TPSA) is 106 Å². The lowest BCUT2D eigenvalue weighted by atomic mass is 10.5. The van der Waals surface area contributed by atoms with Crippen LogP contribution >= 0.6 is 0 Å². The summed E-state index contributed by atoms with van der Waals surface area (Å²) in [6.07, 6.45) is 3.85. The number of sulfonamides is 2. The maximum absolute atomic E-state index is 11.4. The zero-order chi connectivity index (χ0) is 19.2. The zero-order valence-corrected chi connectivity index (χ0v) is 13.0. The molecule has 1 aromatic rings. The molecule has 24 heavy (non-hydrogen) atoms. The second kappa shape index (κ2) is 8.09. The van der Waals surface area contributed by atoms with Crippen LogP contribution in [0.5, 0.6) is 0 Å². The summed E-state index contributed by atoms with van der Waals surface area (Å²) >= 11 is 0. The van der Waals surface area contributed by atoms with Gasteiger partial charge >= 0.3 is 11.0 Å². The molecule has 7 nitrogen and oxygen atoms in total. The lowest BCUT2D eigenvalue weighted by molar-refractivity contribution is -0.698. The Bertz CT molecular complexity index is 673. The maximum atomic E-state index is 11.4. The van der Waals surface area contributed by atoms with Gasteiger partial charge in [0.1, 0.15) is 6.61 Å². The van der Waals surface area contributed by atoms with Gasteiger partial charge in [-0.1, -0.05) is 6.07 Å². The second-order valence-electron chi connectivity index (χ2n) is 3.75. The van der Waals surface area contributed by atoms with E-state index in [1.54, 1.807) is 0 Å². The third kappa shape index (κ3) is 6.98. The van der Waals surface area contributed by atoms with Crippen molar-refractivity contribution in [1.82, 2.24) is 0 Å². The van der Waals surface area contributed by atoms with Crippen LogP contribution in [-0.2, 0) is 26.6 Å². The predicted molar refractivity (Wildman–Crippen MR) is 67.0 cm³/mol. The summed E-state index contributed by atoms with van der Waals surface area (Å²) in [6.45, 7) is 0.884. The van der Waals surface area contributed by atoms with Crippen molar-refractivity contribution in [3.05, 3.63) is 34.7 Å². The molecule has 0 radical (unpaired) electrons. The summed E-state index contributed by atoms with van der Waals surface area (Å²) < 4.78 is 111. The molecule has 0 aliphatic rings. The van der Waals surface area contributed by atoms with Crippen LogP contribution in [0.2, 0.25) is 0 Å². The highest BCUT2D eigenvalue weighted by atomic mass is 32.3. The quantitative estimate of drug-likeness (QED) is 0.596. The number of alkyl halides is 6. The highest BCUT2D eigenvalue weighted by Crippen LogP contribution is 2.36. The Balaban J connectivity index is 0.000000496. The van der Waals surface area contributed by atoms with Crippen molar-refractivity contribution < 1.29 is 52.9 Å². The van der Waals surface area contributed by atoms with Gasteiger partial charge in [-0.2, -0.15) is 26.3 Å². The summed E-state index contributed by atoms with van der Waals surface area (Å²) in [5.41, 5.74) is -12.4. The smallest absolute Gasteiger partial charge is 0.421 e. The fourth-order valence-electron chi connectivity index (χ4n) is 0.913. The van der Waals surface area contributed by atoms with Crippen LogP contribution in [0.15, 0.2) is 30.6 Å². The van der Waals surface area contributed by atoms with E-state index < -0.39 is 31.1 Å². The van der Waals surface area contributed by atoms with Gasteiger partial charge in [0.05, 0.1) is 0 Å². The molecule has 1 rings (SSSR count). The minimum atomic E-state index is -6.72. The van der Waals surface area contributed by atoms with Crippen molar-refractivity contribution in [3.8, 4) is 0 Å². The van der Waals surface area contributed by atoms with Crippen LogP contribution in [0.4, 0.5) is 26.3 Å². The van der Waals surface area contributed by atoms with Gasteiger partial charge in [-0.3, -0.25) is 0 Å². The first-order valence-electron chi connectivity index (χ1n) is 5.56. The Morgan fingerprint density at radius 1 is 0.833 bits per heavy atom. The highest BCUT2D eigenvalue weighted by molar-refractivity contribution is 8.13. The number of pyridine rings is 1. The first-order chi connectivity index (χ1) is 10.6. The summed E-state index contributed by atoms with van der Waals surface area (Å²) in [4.78, 5) is 0. The molecule has 0 aliphatic heterocycles. The third-order valence-corrected chi connectivity index (χ3v) is 4.66. The van der Waals surface area contributed by atoms with E-state index in [1.165, 1.54) is 0 Å². The zero-order valence-electron chi connectivity index (χ0n) is 11.4. The standard InChI is InChI=1S/C7H10NO.C2F6NO4S2/c9-7-6-8-4-2-1-3-5-8;3-1(4,5)14(10,11)9-15(12,13)2(6,7)8/h1-5,9H,6-7H2;/q+1;-1. The average Bonchev–Trinajstić information content (AvgIpc) is 2.37. The van der Waals surface area contributed by atoms with Crippen LogP contribution in [-0.4, -0.2) is 39.6 Å². The lowest BCUT2D eigenvalue weighted by Gasteiger charge is -2.22. The fourth-order valence-corrected chi connectivity index (χ4v) is 2.62. The average molecular weight is 404 g/mol. The molecule has 140 valence electrons. The molecule has 1 N–H and O–H groups in total. The molecule has 0 amide bonds. The van der Waals surface area contributed by atoms with Crippen LogP contribution in [0.25, 0.3) is 4.13 Å². The second-order valence-corrected chi connectivity index (χ2v) is 7.18. The molecule has 0 spiro atoms. The van der Waals surface area contributed by atoms with Crippen molar-refractivity contribution in [2.24, 2.45) is 0 Å². The Morgan fingerprint density at radius 3 is 1.50 bits per heavy atom. The molecule has 1 aromatic heterocycles. The molecule has 0 aromatic carbocycles. The van der Waals surface area contributed by atoms with Crippen LogP contribution < -0.4 is 4.57 Å². The lowest BCUT2D eigenvalue weighted by Crippen LogP contribution is -2.33. The SMILES string of the molecule is O=S(=O)([N-]S(=O)(=O)C(F)(F)F)C(F)(F)F.OCC[n+]1ccccc1. The van der Waals surface area contributed by atoms with Crippen molar-refractivity contribution in [2.75, 3.05) is 6.61 Å². The van der Waals surface area contributed by atoms with E-state index >= 15 is 0 Å². The number of aliphatic hydroxyl groups is 1. The maximum Gasteiger partial charge on any atom is 0.480 e. The number of halogens is 6. The molecule has 0 aliphatic carbocycles. The number of aromatic nitrogens is 1. The van der Waals surface area contributed by atoms with Crippen LogP contribution in [0.1, 0.15) is 0 Å². The molecule has 1 heterocycles. The van der Waals surface area contributed by atoms with Gasteiger partial charge in [0.25, 0.3) is 0 Å². The third-order valence-electron chi connectivity index (χ3n) is 1.92. The Kier molecular flexibility index (Phi) is 7.60. The largest absolute Gasteiger partial charge is 0.480 e. The number of hydrogen-bond donors (Lipinski definition) is 1. The van der Waals surface area contributed by atoms with Gasteiger partial charge in [-0.25, -0.2) is 21.4 Å². The molecular formula is C9H10F6N2O5S2. The van der Waals surface area contributed by atoms with Gasteiger partial charge in [0, 0.05) is 12.1 Å². The van der Waals surface area contributed by atoms with E-state index in [-0.39, 0.29) is 6.61 Å². The monoisotopic (exact) mass is 404 g/mol. The summed E-state index contributed by atoms with van der Waals surface area (Å²) in [5.74, 6) is 0. The minimum absolute atomic E-state index is 0.203. The first-order valence-corrected chi connectivity index (χ1v) is 8.44. The molecule has 0 saturated carbocycles. The van der Waals surface area contributed by atoms with Gasteiger partial charge in [0.15, 0.2) is 39.0 Å². The number of nitrogens with zero attached hydrogens (tertiary/aromatic N) is 2. The summed E-state index contributed by atoms with van der Waals surface area (Å²) in [7, 11) is -13.4. The van der Waals surface area contributed by atoms with E-state index in [2.05, 4.69) is 0 Å². The molecule has 0 saturated heterocycles. The number of rotatable bonds is 4. The number of aliphatic hydroxyl groups excluding tert-OH is 1. The first kappa shape index (κ1) is 22.6. The van der Waals surface area contributed by atoms with Crippen molar-refractivity contribution in [3.63, 3.8) is 0 Å². The molecule has 0 unspecified atom stereocenters. The van der Waals surface area contributed by atoms with E-state index in [9.17, 15) is 43.2 Å². The molecular weight excluding hydrogens is 394 g/mol. The van der Waals surface area contributed by atoms with E-state index in [0.717, 1.165) is 4.13 Å². The minimum Gasteiger partial charge on any atom is -0.421 e. The van der Waals surface area contributed by atoms with E-state index in [0.29, 0.717) is 6.54 Å². The van der Waals surface area contributed by atoms with E-state index in [1.807, 2.05) is 35.2 Å². The molecule has 15 heteroatoms. The Morgan fingerprint density at radius 2 is 1.21 bits per heavy atom. The van der Waals surface area contributed by atoms with Crippen LogP contribution in [0.3, 0.4) is 0 Å². The van der Waals surface area contributed by atoms with Gasteiger partial charge < -0.3 is 9.23 Å². The van der Waals surface area contributed by atoms with E-state index in [4.69, 9.17) is 5.11 Å². The van der Waals surface area contributed by atoms with Crippen LogP contribution in [0, 0.1) is 0 Å². The van der Waals surface area contributed by atoms with Gasteiger partial charge in [-0.05, 0) is 0 Å². The fraction of sp³-hybridized carbons (Fsp3) is 0.444. The van der Waals surface area contributed by atoms with Gasteiger partial charge in [0.2, 0.25) is 0 Å².